The maximum Gasteiger partial charge on any atom is 0.321 e. The Morgan fingerprint density at radius 2 is 1.93 bits per heavy atom. The van der Waals surface area contributed by atoms with Crippen LogP contribution in [0.25, 0.3) is 0 Å². The van der Waals surface area contributed by atoms with E-state index >= 15 is 0 Å². The van der Waals surface area contributed by atoms with Gasteiger partial charge in [0.1, 0.15) is 0 Å². The van der Waals surface area contributed by atoms with Gasteiger partial charge >= 0.3 is 6.03 Å². The number of hydrogen-bond donors (Lipinski definition) is 1. The lowest BCUT2D eigenvalue weighted by atomic mass is 9.97. The van der Waals surface area contributed by atoms with Gasteiger partial charge in [0.15, 0.2) is 17.4 Å². The van der Waals surface area contributed by atoms with E-state index in [9.17, 15) is 13.6 Å². The Morgan fingerprint density at radius 3 is 2.46 bits per heavy atom. The normalized spacial score (nSPS) is 15.1. The van der Waals surface area contributed by atoms with Gasteiger partial charge in [-0.3, -0.25) is 4.68 Å². The third kappa shape index (κ3) is 4.99. The van der Waals surface area contributed by atoms with Crippen molar-refractivity contribution in [2.45, 2.75) is 46.3 Å². The van der Waals surface area contributed by atoms with Crippen molar-refractivity contribution in [2.75, 3.05) is 18.4 Å². The number of amides is 2. The molecule has 2 amide bonds. The van der Waals surface area contributed by atoms with Crippen molar-refractivity contribution in [3.05, 3.63) is 41.7 Å². The van der Waals surface area contributed by atoms with E-state index in [0.29, 0.717) is 19.0 Å². The maximum atomic E-state index is 14.1. The monoisotopic (exact) mass is 392 g/mol. The summed E-state index contributed by atoms with van der Waals surface area (Å²) < 4.78 is 35.2. The molecule has 2 aromatic rings. The molecule has 0 aliphatic carbocycles. The van der Waals surface area contributed by atoms with Crippen molar-refractivity contribution < 1.29 is 18.3 Å². The first-order valence-electron chi connectivity index (χ1n) is 9.52. The van der Waals surface area contributed by atoms with E-state index in [-0.39, 0.29) is 17.8 Å². The Kier molecular flexibility index (Phi) is 6.16. The van der Waals surface area contributed by atoms with Gasteiger partial charge in [-0.1, -0.05) is 0 Å². The number of piperidine rings is 1. The maximum absolute atomic E-state index is 14.1. The number of nitrogens with zero attached hydrogens (tertiary/aromatic N) is 3. The van der Waals surface area contributed by atoms with E-state index in [4.69, 9.17) is 4.74 Å². The number of rotatable bonds is 5. The van der Waals surface area contributed by atoms with E-state index in [1.165, 1.54) is 0 Å². The highest BCUT2D eigenvalue weighted by molar-refractivity contribution is 5.89. The number of urea groups is 1. The van der Waals surface area contributed by atoms with Crippen LogP contribution in [-0.4, -0.2) is 39.9 Å². The molecule has 1 saturated heterocycles. The minimum atomic E-state index is -0.836. The summed E-state index contributed by atoms with van der Waals surface area (Å²) in [6.07, 6.45) is 5.20. The second-order valence-electron chi connectivity index (χ2n) is 7.54. The van der Waals surface area contributed by atoms with Gasteiger partial charge in [0, 0.05) is 43.7 Å². The van der Waals surface area contributed by atoms with Gasteiger partial charge in [-0.05, 0) is 45.1 Å². The van der Waals surface area contributed by atoms with Gasteiger partial charge < -0.3 is 15.0 Å². The highest BCUT2D eigenvalue weighted by atomic mass is 19.1. The third-order valence-corrected chi connectivity index (χ3v) is 4.71. The quantitative estimate of drug-likeness (QED) is 0.830. The average Bonchev–Trinajstić information content (AvgIpc) is 3.03. The fourth-order valence-electron chi connectivity index (χ4n) is 3.33. The van der Waals surface area contributed by atoms with Crippen molar-refractivity contribution in [3.63, 3.8) is 0 Å². The Hall–Kier alpha value is -2.64. The molecule has 0 atom stereocenters. The Balaban J connectivity index is 1.54. The zero-order chi connectivity index (χ0) is 20.3. The molecule has 152 valence electrons. The molecule has 0 saturated carbocycles. The first-order valence-corrected chi connectivity index (χ1v) is 9.52. The standard InChI is InChI=1S/C20H26F2N4O2/c1-13(2)28-19-17(21)8-16(9-18(19)22)24-20(27)25-6-4-15(5-7-25)12-26-11-14(3)10-23-26/h8-11,13,15H,4-7,12H2,1-3H3,(H,24,27). The highest BCUT2D eigenvalue weighted by Gasteiger charge is 2.24. The summed E-state index contributed by atoms with van der Waals surface area (Å²) in [4.78, 5) is 14.1. The van der Waals surface area contributed by atoms with Gasteiger partial charge in [-0.15, -0.1) is 0 Å². The summed E-state index contributed by atoms with van der Waals surface area (Å²) in [5.41, 5.74) is 1.20. The molecular weight excluding hydrogens is 366 g/mol. The molecule has 0 radical (unpaired) electrons. The van der Waals surface area contributed by atoms with Gasteiger partial charge in [-0.25, -0.2) is 13.6 Å². The summed E-state index contributed by atoms with van der Waals surface area (Å²) in [6, 6.07) is 1.79. The summed E-state index contributed by atoms with van der Waals surface area (Å²) >= 11 is 0. The number of halogens is 2. The van der Waals surface area contributed by atoms with Gasteiger partial charge in [0.05, 0.1) is 12.3 Å². The highest BCUT2D eigenvalue weighted by Crippen LogP contribution is 2.27. The first-order chi connectivity index (χ1) is 13.3. The van der Waals surface area contributed by atoms with Crippen LogP contribution in [-0.2, 0) is 6.54 Å². The van der Waals surface area contributed by atoms with Crippen molar-refractivity contribution in [1.29, 1.82) is 0 Å². The molecular formula is C20H26F2N4O2. The SMILES string of the molecule is Cc1cnn(CC2CCN(C(=O)Nc3cc(F)c(OC(C)C)c(F)c3)CC2)c1. The Morgan fingerprint density at radius 1 is 1.29 bits per heavy atom. The zero-order valence-corrected chi connectivity index (χ0v) is 16.4. The molecule has 3 rings (SSSR count). The molecule has 0 spiro atoms. The van der Waals surface area contributed by atoms with E-state index in [0.717, 1.165) is 37.1 Å². The van der Waals surface area contributed by atoms with Crippen molar-refractivity contribution in [1.82, 2.24) is 14.7 Å². The molecule has 1 aliphatic heterocycles. The average molecular weight is 392 g/mol. The summed E-state index contributed by atoms with van der Waals surface area (Å²) in [6.45, 7) is 7.39. The van der Waals surface area contributed by atoms with Gasteiger partial charge in [0.2, 0.25) is 0 Å². The predicted molar refractivity (Wildman–Crippen MR) is 102 cm³/mol. The molecule has 0 bridgehead atoms. The van der Waals surface area contributed by atoms with Crippen LogP contribution >= 0.6 is 0 Å². The van der Waals surface area contributed by atoms with Crippen molar-refractivity contribution >= 4 is 11.7 Å². The second kappa shape index (κ2) is 8.58. The second-order valence-corrected chi connectivity index (χ2v) is 7.54. The van der Waals surface area contributed by atoms with Crippen molar-refractivity contribution in [2.24, 2.45) is 5.92 Å². The lowest BCUT2D eigenvalue weighted by Crippen LogP contribution is -2.41. The molecule has 1 aromatic carbocycles. The molecule has 8 heteroatoms. The predicted octanol–water partition coefficient (Wildman–Crippen LogP) is 4.20. The number of ether oxygens (including phenoxy) is 1. The van der Waals surface area contributed by atoms with Gasteiger partial charge in [-0.2, -0.15) is 5.10 Å². The Bertz CT molecular complexity index is 806. The first kappa shape index (κ1) is 20.1. The molecule has 28 heavy (non-hydrogen) atoms. The van der Waals surface area contributed by atoms with Crippen LogP contribution in [0.2, 0.25) is 0 Å². The van der Waals surface area contributed by atoms with Crippen molar-refractivity contribution in [3.8, 4) is 5.75 Å². The third-order valence-electron chi connectivity index (χ3n) is 4.71. The molecule has 0 unspecified atom stereocenters. The number of benzene rings is 1. The molecule has 1 aromatic heterocycles. The number of nitrogens with one attached hydrogen (secondary N) is 1. The molecule has 6 nitrogen and oxygen atoms in total. The van der Waals surface area contributed by atoms with Crippen LogP contribution in [0, 0.1) is 24.5 Å². The van der Waals surface area contributed by atoms with Crippen LogP contribution in [0.4, 0.5) is 19.3 Å². The minimum absolute atomic E-state index is 0.0743. The number of hydrogen-bond acceptors (Lipinski definition) is 3. The van der Waals surface area contributed by atoms with Crippen LogP contribution in [0.15, 0.2) is 24.5 Å². The number of anilines is 1. The summed E-state index contributed by atoms with van der Waals surface area (Å²) in [5.74, 6) is -1.65. The molecule has 1 N–H and O–H groups in total. The Labute approximate surface area is 163 Å². The van der Waals surface area contributed by atoms with Crippen LogP contribution in [0.3, 0.4) is 0 Å². The number of carbonyl (C=O) groups is 1. The number of aromatic nitrogens is 2. The fraction of sp³-hybridized carbons (Fsp3) is 0.500. The number of carbonyl (C=O) groups excluding carboxylic acids is 1. The van der Waals surface area contributed by atoms with Gasteiger partial charge in [0.25, 0.3) is 0 Å². The van der Waals surface area contributed by atoms with Crippen LogP contribution < -0.4 is 10.1 Å². The minimum Gasteiger partial charge on any atom is -0.485 e. The lowest BCUT2D eigenvalue weighted by Gasteiger charge is -2.32. The van der Waals surface area contributed by atoms with E-state index < -0.39 is 17.4 Å². The topological polar surface area (TPSA) is 59.4 Å². The van der Waals surface area contributed by atoms with E-state index in [1.807, 2.05) is 24.0 Å². The molecule has 2 heterocycles. The fourth-order valence-corrected chi connectivity index (χ4v) is 3.33. The number of aryl methyl sites for hydroxylation is 1. The largest absolute Gasteiger partial charge is 0.485 e. The summed E-state index contributed by atoms with van der Waals surface area (Å²) in [5, 5.41) is 6.88. The van der Waals surface area contributed by atoms with E-state index in [1.54, 1.807) is 18.7 Å². The van der Waals surface area contributed by atoms with Crippen LogP contribution in [0.5, 0.6) is 5.75 Å². The molecule has 1 aliphatic rings. The van der Waals surface area contributed by atoms with E-state index in [2.05, 4.69) is 10.4 Å². The molecule has 1 fully saturated rings. The number of likely N-dealkylation sites (tertiary alicyclic amines) is 1. The van der Waals surface area contributed by atoms with Crippen LogP contribution in [0.1, 0.15) is 32.3 Å². The lowest BCUT2D eigenvalue weighted by molar-refractivity contribution is 0.175. The summed E-state index contributed by atoms with van der Waals surface area (Å²) in [7, 11) is 0. The zero-order valence-electron chi connectivity index (χ0n) is 16.4. The smallest absolute Gasteiger partial charge is 0.321 e.